The Morgan fingerprint density at radius 2 is 0.748 bits per heavy atom. The number of hydrazone groups is 3. The van der Waals surface area contributed by atoms with Gasteiger partial charge in [0.15, 0.2) is 62.3 Å². The molecule has 0 atom stereocenters. The number of fused-ring (bicyclic) bond motifs is 1. The number of para-hydroxylation sites is 1. The van der Waals surface area contributed by atoms with Gasteiger partial charge in [-0.3, -0.25) is 15.0 Å². The molecule has 0 bridgehead atoms. The molecular weight excluding hydrogens is 1700 g/mol. The average Bonchev–Trinajstić information content (AvgIpc) is 1.64. The Labute approximate surface area is 792 Å². The van der Waals surface area contributed by atoms with Crippen LogP contribution in [0.2, 0.25) is 10.0 Å². The number of pyridine rings is 5. The number of hydrogen-bond donors (Lipinski definition) is 3. The minimum absolute atomic E-state index is 0. The van der Waals surface area contributed by atoms with Crippen molar-refractivity contribution in [3.05, 3.63) is 378 Å². The van der Waals surface area contributed by atoms with Gasteiger partial charge in [-0.25, -0.2) is 32.0 Å². The summed E-state index contributed by atoms with van der Waals surface area (Å²) in [7, 11) is 26.8. The molecular formula is C104H132Cl3N21O3+6. The van der Waals surface area contributed by atoms with E-state index in [0.717, 1.165) is 95.4 Å². The number of hydrogen-bond acceptors (Lipinski definition) is 15. The van der Waals surface area contributed by atoms with Crippen LogP contribution >= 0.6 is 23.2 Å². The normalized spacial score (nSPS) is 10.4. The van der Waals surface area contributed by atoms with E-state index < -0.39 is 0 Å². The van der Waals surface area contributed by atoms with Gasteiger partial charge < -0.3 is 38.5 Å². The molecule has 5 N–H and O–H groups in total. The molecule has 686 valence electrons. The van der Waals surface area contributed by atoms with E-state index in [0.29, 0.717) is 16.4 Å². The number of aryl methyl sites for hydroxylation is 9. The quantitative estimate of drug-likeness (QED) is 0.0232. The number of halogens is 3. The van der Waals surface area contributed by atoms with Crippen LogP contribution in [0.1, 0.15) is 83.8 Å². The van der Waals surface area contributed by atoms with Gasteiger partial charge in [-0.05, 0) is 180 Å². The van der Waals surface area contributed by atoms with E-state index in [9.17, 15) is 5.11 Å². The largest absolute Gasteiger partial charge is 1.00 e. The fraction of sp³-hybridized carbons (Fsp3) is 0.192. The summed E-state index contributed by atoms with van der Waals surface area (Å²) in [4.78, 5) is 0. The predicted molar refractivity (Wildman–Crippen MR) is 542 cm³/mol. The standard InChI is InChI=1S/C15H13ClN4O.C15H18N3O.C14H15ClN3.C14H16N3.2C14H14N2.C12H15N4O.6CH4.ClH/c1-19-9-10-3-8-13(21)14(15(10)20(19)2)18-17-12-6-4-11(16)5-7-12;1-17-10-8-13(9-11-17)12-16-18(2)14-4-6-15(19-3)7-5-14;1-17-10-4-3-5-14(17)11-16-18(2)13-8-6-12(15)7-9-13;1-16-10-8-13(9-11-16)12-15-17(2)14-6-4-3-5-7-14;1-16-10-8-13(9-11-16)3-2-12-4-6-14(15)7-5-12;1-16-11-3-2-4-14(16)10-7-12-5-8-13(15)9-6-12;1-15-8-9-16(2)12(15)14-13-10-4-6-11(17-3)7-5-10;;;;;;;/h3-9H,1-2H3;4-12H,1-3H3;3-11H,1-2H3;3-12H,1-2H3;2*2-11,15H,1H3;4-9H,1-3H3;6*1H4;1H/q;3*+1;;;+1;;;;;;;/p+2. The summed E-state index contributed by atoms with van der Waals surface area (Å²) in [5.74, 6) is 2.55. The zero-order valence-electron chi connectivity index (χ0n) is 72.8. The molecule has 7 heterocycles. The van der Waals surface area contributed by atoms with E-state index >= 15 is 0 Å². The first-order valence-electron chi connectivity index (χ1n) is 39.4. The van der Waals surface area contributed by atoms with Crippen LogP contribution in [0.3, 0.4) is 0 Å². The lowest BCUT2D eigenvalue weighted by Crippen LogP contribution is -3.00. The molecule has 0 unspecified atom stereocenters. The second-order valence-electron chi connectivity index (χ2n) is 28.2. The molecule has 27 heteroatoms. The molecule has 0 amide bonds. The summed E-state index contributed by atoms with van der Waals surface area (Å²) in [6.07, 6.45) is 35.8. The number of nitrogen functional groups attached to an aromatic ring is 2. The Kier molecular flexibility index (Phi) is 50.1. The lowest BCUT2D eigenvalue weighted by molar-refractivity contribution is -0.748. The van der Waals surface area contributed by atoms with Crippen molar-refractivity contribution in [3.63, 3.8) is 0 Å². The number of imidazole rings is 1. The van der Waals surface area contributed by atoms with Crippen molar-refractivity contribution in [2.45, 2.75) is 44.6 Å². The molecule has 24 nitrogen and oxygen atoms in total. The molecule has 0 spiro atoms. The zero-order valence-corrected chi connectivity index (χ0v) is 75.0. The highest BCUT2D eigenvalue weighted by Gasteiger charge is 2.17. The number of benzene rings is 8. The fourth-order valence-corrected chi connectivity index (χ4v) is 11.5. The minimum atomic E-state index is 0. The first-order chi connectivity index (χ1) is 59.9. The number of azo groups is 2. The van der Waals surface area contributed by atoms with E-state index in [4.69, 9.17) is 44.1 Å². The Morgan fingerprint density at radius 1 is 0.374 bits per heavy atom. The zero-order chi connectivity index (χ0) is 88.7. The average molecular weight is 1830 g/mol. The lowest BCUT2D eigenvalue weighted by Gasteiger charge is -2.12. The van der Waals surface area contributed by atoms with Crippen LogP contribution in [-0.4, -0.2) is 68.4 Å². The first kappa shape index (κ1) is 112. The van der Waals surface area contributed by atoms with Gasteiger partial charge in [0.05, 0.1) is 88.3 Å². The van der Waals surface area contributed by atoms with Gasteiger partial charge in [0.25, 0.3) is 0 Å². The number of methoxy groups -OCH3 is 2. The maximum atomic E-state index is 10.1. The van der Waals surface area contributed by atoms with Crippen molar-refractivity contribution >= 4 is 129 Å². The SMILES string of the molecule is C.C.C.C.C.C.CN(N=Cc1cc[n+](C)cc1)c1ccccc1.CN(N=Cc1cccc[n+]1C)c1ccc(Cl)cc1.COc1ccc(N(C)N=Cc2cc[n+](C)cc2)cc1.COc1ccc(N=Nc2n(C)cc[n+]2C)cc1.C[n+]1ccc(C=Cc2ccc(N)cc2)cc1.C[n+]1ccccc1C=Cc1ccc(N)cc1.Cn1c2c(N=Nc3ccc(Cl)cc3)c(O)ccc2c[n+]1C.[Cl-]. The molecule has 0 aliphatic carbocycles. The van der Waals surface area contributed by atoms with Crippen molar-refractivity contribution in [1.29, 1.82) is 0 Å². The second-order valence-corrected chi connectivity index (χ2v) is 29.0. The molecule has 0 radical (unpaired) electrons. The molecule has 131 heavy (non-hydrogen) atoms. The third-order valence-corrected chi connectivity index (χ3v) is 19.2. The maximum absolute atomic E-state index is 10.1. The Morgan fingerprint density at radius 3 is 1.18 bits per heavy atom. The maximum Gasteiger partial charge on any atom is 0.421 e. The third kappa shape index (κ3) is 37.5. The Balaban J connectivity index is 0.000000514. The number of phenols is 1. The topological polar surface area (TPSA) is 224 Å². The van der Waals surface area contributed by atoms with Crippen LogP contribution < -0.4 is 80.5 Å². The van der Waals surface area contributed by atoms with Gasteiger partial charge in [-0.15, -0.1) is 9.80 Å². The number of ether oxygens (including phenoxy) is 2. The van der Waals surface area contributed by atoms with Crippen molar-refractivity contribution in [1.82, 2.24) is 9.25 Å². The number of nitrogens with two attached hydrogens (primary N) is 2. The number of rotatable bonds is 19. The molecule has 8 aromatic carbocycles. The van der Waals surface area contributed by atoms with E-state index in [1.165, 1.54) is 11.3 Å². The summed E-state index contributed by atoms with van der Waals surface area (Å²) in [5, 5.41) is 47.9. The van der Waals surface area contributed by atoms with Crippen molar-refractivity contribution in [2.75, 3.05) is 61.9 Å². The summed E-state index contributed by atoms with van der Waals surface area (Å²) in [6.45, 7) is 0. The number of aromatic hydroxyl groups is 1. The number of aromatic nitrogens is 9. The van der Waals surface area contributed by atoms with Crippen LogP contribution in [0.25, 0.3) is 35.2 Å². The second kappa shape index (κ2) is 58.5. The smallest absolute Gasteiger partial charge is 0.421 e. The lowest BCUT2D eigenvalue weighted by atomic mass is 10.1. The number of nitrogens with zero attached hydrogens (tertiary/aromatic N) is 19. The first-order valence-corrected chi connectivity index (χ1v) is 40.1. The van der Waals surface area contributed by atoms with Crippen molar-refractivity contribution in [3.8, 4) is 17.2 Å². The van der Waals surface area contributed by atoms with Gasteiger partial charge in [0.1, 0.15) is 69.9 Å². The Bertz CT molecular complexity index is 5950. The molecule has 7 aromatic heterocycles. The van der Waals surface area contributed by atoms with E-state index in [1.807, 2.05) is 435 Å². The molecule has 0 saturated carbocycles. The molecule has 15 rings (SSSR count). The van der Waals surface area contributed by atoms with Gasteiger partial charge in [-0.2, -0.15) is 25.1 Å². The van der Waals surface area contributed by atoms with Gasteiger partial charge >= 0.3 is 5.95 Å². The summed E-state index contributed by atoms with van der Waals surface area (Å²) in [6, 6.07) is 83.4. The van der Waals surface area contributed by atoms with Crippen molar-refractivity contribution in [2.24, 2.45) is 99.2 Å². The number of phenolic OH excluding ortho intramolecular Hbond substituents is 1. The van der Waals surface area contributed by atoms with E-state index in [1.54, 1.807) is 44.6 Å². The molecule has 0 fully saturated rings. The van der Waals surface area contributed by atoms with Crippen LogP contribution in [0, 0.1) is 0 Å². The third-order valence-electron chi connectivity index (χ3n) is 18.7. The predicted octanol–water partition coefficient (Wildman–Crippen LogP) is 18.0. The summed E-state index contributed by atoms with van der Waals surface area (Å²) >= 11 is 11.7. The van der Waals surface area contributed by atoms with E-state index in [2.05, 4.69) is 82.8 Å². The molecule has 15 aromatic rings. The van der Waals surface area contributed by atoms with E-state index in [-0.39, 0.29) is 62.7 Å². The summed E-state index contributed by atoms with van der Waals surface area (Å²) < 4.78 is 28.0. The molecule has 0 saturated heterocycles. The number of anilines is 5. The monoisotopic (exact) mass is 1830 g/mol. The minimum Gasteiger partial charge on any atom is -1.00 e. The fourth-order valence-electron chi connectivity index (χ4n) is 11.2. The van der Waals surface area contributed by atoms with Crippen LogP contribution in [0.15, 0.2) is 365 Å². The highest BCUT2D eigenvalue weighted by atomic mass is 35.5. The van der Waals surface area contributed by atoms with Gasteiger partial charge in [0.2, 0.25) is 17.6 Å². The molecule has 0 aliphatic heterocycles. The van der Waals surface area contributed by atoms with Gasteiger partial charge in [-0.1, -0.05) is 127 Å². The van der Waals surface area contributed by atoms with Crippen LogP contribution in [0.4, 0.5) is 51.4 Å². The van der Waals surface area contributed by atoms with Crippen LogP contribution in [-0.2, 0) is 63.4 Å². The van der Waals surface area contributed by atoms with Crippen molar-refractivity contribution < 1.29 is 59.1 Å². The Hall–Kier alpha value is -14.9. The van der Waals surface area contributed by atoms with Gasteiger partial charge in [0, 0.05) is 126 Å². The highest BCUT2D eigenvalue weighted by Crippen LogP contribution is 2.36. The van der Waals surface area contributed by atoms with Crippen LogP contribution in [0.5, 0.6) is 17.2 Å². The highest BCUT2D eigenvalue weighted by molar-refractivity contribution is 6.31. The summed E-state index contributed by atoms with van der Waals surface area (Å²) in [5.41, 5.74) is 26.5. The molecule has 0 aliphatic rings.